The van der Waals surface area contributed by atoms with Crippen LogP contribution in [0.5, 0.6) is 0 Å². The molecule has 1 nitrogen and oxygen atoms in total. The molecule has 0 heterocycles. The predicted octanol–water partition coefficient (Wildman–Crippen LogP) is 2.09. The SMILES string of the molecule is C=C(F)/C(F)=C\CC(C)O. The first-order valence-electron chi connectivity index (χ1n) is 2.92. The third kappa shape index (κ3) is 4.21. The van der Waals surface area contributed by atoms with Gasteiger partial charge in [0.15, 0.2) is 11.7 Å². The van der Waals surface area contributed by atoms with Crippen LogP contribution in [-0.2, 0) is 0 Å². The summed E-state index contributed by atoms with van der Waals surface area (Å²) < 4.78 is 24.0. The Hall–Kier alpha value is -0.700. The van der Waals surface area contributed by atoms with Gasteiger partial charge in [-0.15, -0.1) is 0 Å². The Balaban J connectivity index is 3.81. The van der Waals surface area contributed by atoms with Crippen molar-refractivity contribution < 1.29 is 13.9 Å². The highest BCUT2D eigenvalue weighted by Crippen LogP contribution is 2.11. The summed E-state index contributed by atoms with van der Waals surface area (Å²) in [5.41, 5.74) is 0. The van der Waals surface area contributed by atoms with Crippen molar-refractivity contribution in [1.29, 1.82) is 0 Å². The van der Waals surface area contributed by atoms with Crippen LogP contribution in [-0.4, -0.2) is 11.2 Å². The van der Waals surface area contributed by atoms with Gasteiger partial charge < -0.3 is 5.11 Å². The summed E-state index contributed by atoms with van der Waals surface area (Å²) in [5.74, 6) is -2.10. The van der Waals surface area contributed by atoms with E-state index in [4.69, 9.17) is 5.11 Å². The van der Waals surface area contributed by atoms with Gasteiger partial charge in [-0.2, -0.15) is 0 Å². The van der Waals surface area contributed by atoms with Crippen molar-refractivity contribution in [2.45, 2.75) is 19.4 Å². The topological polar surface area (TPSA) is 20.2 Å². The van der Waals surface area contributed by atoms with E-state index in [1.165, 1.54) is 6.92 Å². The number of allylic oxidation sites excluding steroid dienone is 2. The average molecular weight is 148 g/mol. The van der Waals surface area contributed by atoms with Crippen LogP contribution >= 0.6 is 0 Å². The van der Waals surface area contributed by atoms with Gasteiger partial charge in [-0.3, -0.25) is 0 Å². The van der Waals surface area contributed by atoms with Gasteiger partial charge in [-0.1, -0.05) is 6.58 Å². The lowest BCUT2D eigenvalue weighted by Crippen LogP contribution is -1.96. The zero-order chi connectivity index (χ0) is 8.15. The molecular formula is C7H10F2O. The Labute approximate surface area is 58.7 Å². The van der Waals surface area contributed by atoms with Crippen LogP contribution in [0.15, 0.2) is 24.3 Å². The van der Waals surface area contributed by atoms with Crippen molar-refractivity contribution in [2.75, 3.05) is 0 Å². The largest absolute Gasteiger partial charge is 0.393 e. The summed E-state index contributed by atoms with van der Waals surface area (Å²) in [7, 11) is 0. The van der Waals surface area contributed by atoms with E-state index in [9.17, 15) is 8.78 Å². The van der Waals surface area contributed by atoms with E-state index in [-0.39, 0.29) is 6.42 Å². The summed E-state index contributed by atoms with van der Waals surface area (Å²) in [5, 5.41) is 8.62. The molecule has 0 saturated carbocycles. The van der Waals surface area contributed by atoms with Gasteiger partial charge in [0.25, 0.3) is 0 Å². The molecule has 10 heavy (non-hydrogen) atoms. The molecule has 0 saturated heterocycles. The molecule has 0 spiro atoms. The van der Waals surface area contributed by atoms with Gasteiger partial charge in [-0.05, 0) is 19.4 Å². The lowest BCUT2D eigenvalue weighted by molar-refractivity contribution is 0.197. The van der Waals surface area contributed by atoms with Gasteiger partial charge in [0.1, 0.15) is 0 Å². The van der Waals surface area contributed by atoms with Crippen molar-refractivity contribution in [3.8, 4) is 0 Å². The molecule has 1 atom stereocenters. The summed E-state index contributed by atoms with van der Waals surface area (Å²) in [4.78, 5) is 0. The minimum absolute atomic E-state index is 0.106. The Kier molecular flexibility index (Phi) is 3.88. The highest BCUT2D eigenvalue weighted by atomic mass is 19.2. The molecule has 1 N–H and O–H groups in total. The summed E-state index contributed by atoms with van der Waals surface area (Å²) in [6, 6.07) is 0. The van der Waals surface area contributed by atoms with Crippen LogP contribution in [0.25, 0.3) is 0 Å². The maximum Gasteiger partial charge on any atom is 0.154 e. The first kappa shape index (κ1) is 9.30. The van der Waals surface area contributed by atoms with Gasteiger partial charge >= 0.3 is 0 Å². The van der Waals surface area contributed by atoms with Crippen LogP contribution in [0.3, 0.4) is 0 Å². The van der Waals surface area contributed by atoms with Crippen molar-refractivity contribution in [3.63, 3.8) is 0 Å². The zero-order valence-corrected chi connectivity index (χ0v) is 5.77. The predicted molar refractivity (Wildman–Crippen MR) is 35.7 cm³/mol. The van der Waals surface area contributed by atoms with Gasteiger partial charge in [0, 0.05) is 0 Å². The zero-order valence-electron chi connectivity index (χ0n) is 5.77. The summed E-state index contributed by atoms with van der Waals surface area (Å²) in [6.07, 6.45) is 0.423. The van der Waals surface area contributed by atoms with E-state index in [2.05, 4.69) is 6.58 Å². The molecule has 0 aliphatic rings. The lowest BCUT2D eigenvalue weighted by Gasteiger charge is -1.96. The Bertz CT molecular complexity index is 150. The molecule has 0 radical (unpaired) electrons. The highest BCUT2D eigenvalue weighted by molar-refractivity contribution is 5.14. The van der Waals surface area contributed by atoms with E-state index >= 15 is 0 Å². The number of hydrogen-bond acceptors (Lipinski definition) is 1. The maximum atomic E-state index is 12.2. The van der Waals surface area contributed by atoms with E-state index in [0.717, 1.165) is 6.08 Å². The minimum Gasteiger partial charge on any atom is -0.393 e. The molecule has 3 heteroatoms. The molecule has 0 fully saturated rings. The standard InChI is InChI=1S/C7H10F2O/c1-5(10)3-4-7(9)6(2)8/h4-5,10H,2-3H2,1H3/b7-4+. The van der Waals surface area contributed by atoms with Crippen molar-refractivity contribution >= 4 is 0 Å². The molecule has 0 aromatic heterocycles. The molecule has 0 aromatic carbocycles. The third-order valence-electron chi connectivity index (χ3n) is 0.897. The quantitative estimate of drug-likeness (QED) is 0.607. The fourth-order valence-corrected chi connectivity index (χ4v) is 0.385. The monoisotopic (exact) mass is 148 g/mol. The molecule has 0 aliphatic carbocycles. The molecular weight excluding hydrogens is 138 g/mol. The second-order valence-corrected chi connectivity index (χ2v) is 2.04. The van der Waals surface area contributed by atoms with Crippen molar-refractivity contribution in [3.05, 3.63) is 24.3 Å². The maximum absolute atomic E-state index is 12.2. The second-order valence-electron chi connectivity index (χ2n) is 2.04. The highest BCUT2D eigenvalue weighted by Gasteiger charge is 1.99. The Morgan fingerprint density at radius 3 is 2.50 bits per heavy atom. The minimum atomic E-state index is -1.10. The molecule has 0 amide bonds. The molecule has 0 aliphatic heterocycles. The fourth-order valence-electron chi connectivity index (χ4n) is 0.385. The van der Waals surface area contributed by atoms with Gasteiger partial charge in [0.05, 0.1) is 6.10 Å². The first-order valence-corrected chi connectivity index (χ1v) is 2.92. The Morgan fingerprint density at radius 1 is 1.70 bits per heavy atom. The third-order valence-corrected chi connectivity index (χ3v) is 0.897. The van der Waals surface area contributed by atoms with Crippen LogP contribution < -0.4 is 0 Å². The van der Waals surface area contributed by atoms with E-state index in [1.807, 2.05) is 0 Å². The molecule has 0 rings (SSSR count). The number of rotatable bonds is 3. The molecule has 1 unspecified atom stereocenters. The van der Waals surface area contributed by atoms with Crippen LogP contribution in [0.2, 0.25) is 0 Å². The van der Waals surface area contributed by atoms with Crippen molar-refractivity contribution in [2.24, 2.45) is 0 Å². The number of hydrogen-bond donors (Lipinski definition) is 1. The number of halogens is 2. The molecule has 0 aromatic rings. The number of aliphatic hydroxyl groups excluding tert-OH is 1. The van der Waals surface area contributed by atoms with Gasteiger partial charge in [-0.25, -0.2) is 8.78 Å². The smallest absolute Gasteiger partial charge is 0.154 e. The van der Waals surface area contributed by atoms with E-state index in [1.54, 1.807) is 0 Å². The average Bonchev–Trinajstić information content (AvgIpc) is 1.82. The number of aliphatic hydroxyl groups is 1. The normalized spacial score (nSPS) is 15.0. The summed E-state index contributed by atoms with van der Waals surface area (Å²) >= 11 is 0. The van der Waals surface area contributed by atoms with Crippen LogP contribution in [0.1, 0.15) is 13.3 Å². The Morgan fingerprint density at radius 2 is 2.20 bits per heavy atom. The van der Waals surface area contributed by atoms with Crippen LogP contribution in [0, 0.1) is 0 Å². The fraction of sp³-hybridized carbons (Fsp3) is 0.429. The lowest BCUT2D eigenvalue weighted by atomic mass is 10.2. The first-order chi connectivity index (χ1) is 4.54. The van der Waals surface area contributed by atoms with Gasteiger partial charge in [0.2, 0.25) is 0 Å². The summed E-state index contributed by atoms with van der Waals surface area (Å²) in [6.45, 7) is 4.23. The van der Waals surface area contributed by atoms with Crippen molar-refractivity contribution in [1.82, 2.24) is 0 Å². The molecule has 0 bridgehead atoms. The van der Waals surface area contributed by atoms with E-state index in [0.29, 0.717) is 0 Å². The van der Waals surface area contributed by atoms with E-state index < -0.39 is 17.8 Å². The van der Waals surface area contributed by atoms with Crippen LogP contribution in [0.4, 0.5) is 8.78 Å². The molecule has 58 valence electrons. The second kappa shape index (κ2) is 4.17.